The van der Waals surface area contributed by atoms with E-state index in [4.69, 9.17) is 5.26 Å². The molecule has 0 atom stereocenters. The molecule has 23 heavy (non-hydrogen) atoms. The van der Waals surface area contributed by atoms with Crippen LogP contribution in [0.15, 0.2) is 53.5 Å². The van der Waals surface area contributed by atoms with Crippen LogP contribution >= 0.6 is 11.8 Å². The first-order valence-electron chi connectivity index (χ1n) is 7.22. The number of hydrogen-bond acceptors (Lipinski definition) is 4. The summed E-state index contributed by atoms with van der Waals surface area (Å²) in [5, 5.41) is 9.10. The van der Waals surface area contributed by atoms with E-state index >= 15 is 0 Å². The minimum Gasteiger partial charge on any atom is -0.269 e. The zero-order valence-electron chi connectivity index (χ0n) is 12.7. The van der Waals surface area contributed by atoms with Gasteiger partial charge in [0.2, 0.25) is 0 Å². The zero-order chi connectivity index (χ0) is 16.2. The third-order valence-corrected chi connectivity index (χ3v) is 4.52. The molecular formula is C18H15N3OS. The van der Waals surface area contributed by atoms with E-state index in [9.17, 15) is 4.79 Å². The molecule has 0 saturated heterocycles. The van der Waals surface area contributed by atoms with E-state index in [0.29, 0.717) is 17.0 Å². The van der Waals surface area contributed by atoms with Gasteiger partial charge in [0.25, 0.3) is 5.56 Å². The van der Waals surface area contributed by atoms with Crippen LogP contribution in [0.5, 0.6) is 0 Å². The first kappa shape index (κ1) is 15.3. The molecule has 0 aliphatic heterocycles. The fourth-order valence-electron chi connectivity index (χ4n) is 2.35. The minimum absolute atomic E-state index is 0.0632. The molecule has 2 heterocycles. The zero-order valence-corrected chi connectivity index (χ0v) is 13.5. The van der Waals surface area contributed by atoms with Crippen LogP contribution in [0.4, 0.5) is 0 Å². The highest BCUT2D eigenvalue weighted by atomic mass is 32.2. The Labute approximate surface area is 138 Å². The lowest BCUT2D eigenvalue weighted by molar-refractivity contribution is 1.00. The lowest BCUT2D eigenvalue weighted by Crippen LogP contribution is -2.15. The molecule has 2 aromatic heterocycles. The van der Waals surface area contributed by atoms with Crippen molar-refractivity contribution < 1.29 is 0 Å². The van der Waals surface area contributed by atoms with Gasteiger partial charge in [0.15, 0.2) is 0 Å². The SMILES string of the molecule is Cc1ccc2nc(CSCc3ccccc3C#N)cc(=O)n2c1. The van der Waals surface area contributed by atoms with Crippen LogP contribution in [0.1, 0.15) is 22.4 Å². The molecule has 0 radical (unpaired) electrons. The molecule has 0 unspecified atom stereocenters. The van der Waals surface area contributed by atoms with E-state index in [2.05, 4.69) is 11.1 Å². The van der Waals surface area contributed by atoms with E-state index in [1.807, 2.05) is 43.3 Å². The number of hydrogen-bond donors (Lipinski definition) is 0. The van der Waals surface area contributed by atoms with Gasteiger partial charge < -0.3 is 0 Å². The normalized spacial score (nSPS) is 10.6. The molecule has 114 valence electrons. The lowest BCUT2D eigenvalue weighted by atomic mass is 10.1. The van der Waals surface area contributed by atoms with E-state index in [0.717, 1.165) is 22.6 Å². The van der Waals surface area contributed by atoms with Gasteiger partial charge in [-0.1, -0.05) is 24.3 Å². The summed E-state index contributed by atoms with van der Waals surface area (Å²) in [6.45, 7) is 1.95. The molecule has 0 amide bonds. The smallest absolute Gasteiger partial charge is 0.258 e. The number of aromatic nitrogens is 2. The highest BCUT2D eigenvalue weighted by Crippen LogP contribution is 2.19. The molecule has 0 spiro atoms. The second kappa shape index (κ2) is 6.67. The van der Waals surface area contributed by atoms with Crippen molar-refractivity contribution in [2.75, 3.05) is 0 Å². The fraction of sp³-hybridized carbons (Fsp3) is 0.167. The molecule has 5 heteroatoms. The summed E-state index contributed by atoms with van der Waals surface area (Å²) in [4.78, 5) is 16.7. The number of fused-ring (bicyclic) bond motifs is 1. The Kier molecular flexibility index (Phi) is 4.45. The standard InChI is InChI=1S/C18H15N3OS/c1-13-6-7-17-20-16(8-18(22)21(17)10-13)12-23-11-15-5-3-2-4-14(15)9-19/h2-8,10H,11-12H2,1H3. The number of thioether (sulfide) groups is 1. The summed E-state index contributed by atoms with van der Waals surface area (Å²) < 4.78 is 1.56. The van der Waals surface area contributed by atoms with Crippen molar-refractivity contribution in [3.05, 3.63) is 81.4 Å². The summed E-state index contributed by atoms with van der Waals surface area (Å²) in [6, 6.07) is 15.1. The first-order chi connectivity index (χ1) is 11.2. The fourth-order valence-corrected chi connectivity index (χ4v) is 3.28. The summed E-state index contributed by atoms with van der Waals surface area (Å²) in [5.41, 5.74) is 4.09. The van der Waals surface area contributed by atoms with Crippen LogP contribution in [0.3, 0.4) is 0 Å². The van der Waals surface area contributed by atoms with Crippen LogP contribution < -0.4 is 5.56 Å². The monoisotopic (exact) mass is 321 g/mol. The quantitative estimate of drug-likeness (QED) is 0.740. The highest BCUT2D eigenvalue weighted by Gasteiger charge is 2.05. The summed E-state index contributed by atoms with van der Waals surface area (Å²) in [5.74, 6) is 1.36. The van der Waals surface area contributed by atoms with Gasteiger partial charge in [0.1, 0.15) is 5.65 Å². The maximum Gasteiger partial charge on any atom is 0.258 e. The average molecular weight is 321 g/mol. The van der Waals surface area contributed by atoms with Crippen molar-refractivity contribution in [3.8, 4) is 6.07 Å². The molecular weight excluding hydrogens is 306 g/mol. The Morgan fingerprint density at radius 3 is 2.87 bits per heavy atom. The van der Waals surface area contributed by atoms with Gasteiger partial charge in [-0.2, -0.15) is 17.0 Å². The predicted octanol–water partition coefficient (Wildman–Crippen LogP) is 3.31. The molecule has 0 bridgehead atoms. The van der Waals surface area contributed by atoms with Crippen molar-refractivity contribution in [2.24, 2.45) is 0 Å². The second-order valence-electron chi connectivity index (χ2n) is 5.28. The van der Waals surface area contributed by atoms with Gasteiger partial charge in [-0.3, -0.25) is 9.20 Å². The molecule has 3 rings (SSSR count). The lowest BCUT2D eigenvalue weighted by Gasteiger charge is -2.06. The van der Waals surface area contributed by atoms with E-state index < -0.39 is 0 Å². The predicted molar refractivity (Wildman–Crippen MR) is 92.4 cm³/mol. The minimum atomic E-state index is -0.0632. The largest absolute Gasteiger partial charge is 0.269 e. The number of aryl methyl sites for hydroxylation is 1. The number of benzene rings is 1. The van der Waals surface area contributed by atoms with Gasteiger partial charge in [0, 0.05) is 23.8 Å². The second-order valence-corrected chi connectivity index (χ2v) is 6.27. The molecule has 3 aromatic rings. The number of pyridine rings is 1. The molecule has 4 nitrogen and oxygen atoms in total. The Morgan fingerprint density at radius 2 is 2.04 bits per heavy atom. The van der Waals surface area contributed by atoms with Gasteiger partial charge in [-0.25, -0.2) is 4.98 Å². The Bertz CT molecular complexity index is 956. The third-order valence-electron chi connectivity index (χ3n) is 3.51. The van der Waals surface area contributed by atoms with Gasteiger partial charge in [-0.05, 0) is 30.2 Å². The van der Waals surface area contributed by atoms with Crippen molar-refractivity contribution in [1.82, 2.24) is 9.38 Å². The summed E-state index contributed by atoms with van der Waals surface area (Å²) in [6.07, 6.45) is 1.80. The molecule has 0 saturated carbocycles. The number of nitriles is 1. The van der Waals surface area contributed by atoms with Crippen molar-refractivity contribution in [2.45, 2.75) is 18.4 Å². The van der Waals surface area contributed by atoms with E-state index in [1.165, 1.54) is 0 Å². The summed E-state index contributed by atoms with van der Waals surface area (Å²) in [7, 11) is 0. The Hall–Kier alpha value is -2.58. The topological polar surface area (TPSA) is 58.2 Å². The Balaban J connectivity index is 1.76. The first-order valence-corrected chi connectivity index (χ1v) is 8.37. The van der Waals surface area contributed by atoms with Crippen LogP contribution in [-0.4, -0.2) is 9.38 Å². The molecule has 0 aliphatic rings. The summed E-state index contributed by atoms with van der Waals surface area (Å²) >= 11 is 1.65. The van der Waals surface area contributed by atoms with Crippen molar-refractivity contribution in [1.29, 1.82) is 5.26 Å². The molecule has 0 aliphatic carbocycles. The van der Waals surface area contributed by atoms with Gasteiger partial charge in [0.05, 0.1) is 17.3 Å². The van der Waals surface area contributed by atoms with Crippen LogP contribution in [0.25, 0.3) is 5.65 Å². The van der Waals surface area contributed by atoms with Gasteiger partial charge >= 0.3 is 0 Å². The molecule has 0 fully saturated rings. The Morgan fingerprint density at radius 1 is 1.22 bits per heavy atom. The number of nitrogens with zero attached hydrogens (tertiary/aromatic N) is 3. The van der Waals surface area contributed by atoms with Crippen molar-refractivity contribution >= 4 is 17.4 Å². The van der Waals surface area contributed by atoms with Crippen LogP contribution in [0.2, 0.25) is 0 Å². The maximum absolute atomic E-state index is 12.2. The van der Waals surface area contributed by atoms with Crippen LogP contribution in [-0.2, 0) is 11.5 Å². The molecule has 1 aromatic carbocycles. The van der Waals surface area contributed by atoms with E-state index in [1.54, 1.807) is 28.4 Å². The average Bonchev–Trinajstić information content (AvgIpc) is 2.56. The van der Waals surface area contributed by atoms with Crippen LogP contribution in [0, 0.1) is 18.3 Å². The highest BCUT2D eigenvalue weighted by molar-refractivity contribution is 7.97. The van der Waals surface area contributed by atoms with Gasteiger partial charge in [-0.15, -0.1) is 0 Å². The molecule has 0 N–H and O–H groups in total. The van der Waals surface area contributed by atoms with E-state index in [-0.39, 0.29) is 5.56 Å². The maximum atomic E-state index is 12.2. The third kappa shape index (κ3) is 3.43. The number of rotatable bonds is 4. The van der Waals surface area contributed by atoms with Crippen molar-refractivity contribution in [3.63, 3.8) is 0 Å².